The SMILES string of the molecule is CC1Cc2cc(/C(O)=C3\C(=O)C(=O)N(c4ccccn4)C3c3ccc(C(C)(C)C)cc3)ccc2O1. The van der Waals surface area contributed by atoms with Crippen LogP contribution in [0.1, 0.15) is 56.0 Å². The number of hydrogen-bond donors (Lipinski definition) is 1. The van der Waals surface area contributed by atoms with E-state index in [2.05, 4.69) is 25.8 Å². The maximum absolute atomic E-state index is 13.3. The van der Waals surface area contributed by atoms with Crippen molar-refractivity contribution in [1.82, 2.24) is 4.98 Å². The van der Waals surface area contributed by atoms with Gasteiger partial charge < -0.3 is 9.84 Å². The Morgan fingerprint density at radius 2 is 1.80 bits per heavy atom. The number of fused-ring (bicyclic) bond motifs is 1. The van der Waals surface area contributed by atoms with Crippen molar-refractivity contribution in [2.45, 2.75) is 51.7 Å². The van der Waals surface area contributed by atoms with Crippen LogP contribution in [0, 0.1) is 0 Å². The second-order valence-electron chi connectivity index (χ2n) is 10.2. The summed E-state index contributed by atoms with van der Waals surface area (Å²) in [5, 5.41) is 11.4. The van der Waals surface area contributed by atoms with Crippen molar-refractivity contribution in [3.63, 3.8) is 0 Å². The van der Waals surface area contributed by atoms with E-state index in [9.17, 15) is 14.7 Å². The Morgan fingerprint density at radius 1 is 1.06 bits per heavy atom. The molecule has 6 heteroatoms. The Morgan fingerprint density at radius 3 is 2.46 bits per heavy atom. The van der Waals surface area contributed by atoms with Crippen LogP contribution in [0.15, 0.2) is 72.4 Å². The summed E-state index contributed by atoms with van der Waals surface area (Å²) < 4.78 is 5.77. The Labute approximate surface area is 204 Å². The number of rotatable bonds is 3. The standard InChI is InChI=1S/C29H28N2O4/c1-17-15-20-16-19(10-13-22(20)35-17)26(32)24-25(18-8-11-21(12-9-18)29(2,3)4)31(28(34)27(24)33)23-7-5-6-14-30-23/h5-14,16-17,25,32H,15H2,1-4H3/b26-24+. The van der Waals surface area contributed by atoms with Gasteiger partial charge >= 0.3 is 5.91 Å². The molecule has 2 aliphatic rings. The van der Waals surface area contributed by atoms with Crippen LogP contribution in [0.2, 0.25) is 0 Å². The van der Waals surface area contributed by atoms with Gasteiger partial charge in [-0.3, -0.25) is 14.5 Å². The third-order valence-electron chi connectivity index (χ3n) is 6.60. The van der Waals surface area contributed by atoms with Crippen LogP contribution in [0.5, 0.6) is 5.75 Å². The summed E-state index contributed by atoms with van der Waals surface area (Å²) in [6.45, 7) is 8.36. The zero-order valence-electron chi connectivity index (χ0n) is 20.3. The number of ether oxygens (including phenoxy) is 1. The van der Waals surface area contributed by atoms with Crippen LogP contribution < -0.4 is 9.64 Å². The molecule has 2 atom stereocenters. The van der Waals surface area contributed by atoms with Crippen molar-refractivity contribution in [2.24, 2.45) is 0 Å². The normalized spacial score (nSPS) is 21.2. The van der Waals surface area contributed by atoms with Crippen LogP contribution in [-0.2, 0) is 21.4 Å². The van der Waals surface area contributed by atoms with Crippen molar-refractivity contribution >= 4 is 23.3 Å². The summed E-state index contributed by atoms with van der Waals surface area (Å²) >= 11 is 0. The number of anilines is 1. The maximum Gasteiger partial charge on any atom is 0.301 e. The molecule has 2 unspecified atom stereocenters. The average molecular weight is 469 g/mol. The summed E-state index contributed by atoms with van der Waals surface area (Å²) in [6, 6.07) is 17.6. The second kappa shape index (κ2) is 8.38. The van der Waals surface area contributed by atoms with Gasteiger partial charge in [0.25, 0.3) is 5.78 Å². The Bertz CT molecular complexity index is 1340. The molecule has 1 N–H and O–H groups in total. The number of aliphatic hydroxyl groups excluding tert-OH is 1. The number of carbonyl (C=O) groups is 2. The number of pyridine rings is 1. The largest absolute Gasteiger partial charge is 0.507 e. The van der Waals surface area contributed by atoms with E-state index in [0.29, 0.717) is 11.4 Å². The molecule has 1 saturated heterocycles. The van der Waals surface area contributed by atoms with Crippen LogP contribution in [-0.4, -0.2) is 27.9 Å². The molecule has 1 aromatic heterocycles. The zero-order chi connectivity index (χ0) is 24.9. The molecule has 1 amide bonds. The maximum atomic E-state index is 13.3. The molecule has 0 saturated carbocycles. The molecule has 3 heterocycles. The molecule has 2 aromatic carbocycles. The molecule has 0 radical (unpaired) electrons. The van der Waals surface area contributed by atoms with Crippen molar-refractivity contribution < 1.29 is 19.4 Å². The highest BCUT2D eigenvalue weighted by Gasteiger charge is 2.47. The van der Waals surface area contributed by atoms with E-state index < -0.39 is 17.7 Å². The summed E-state index contributed by atoms with van der Waals surface area (Å²) in [5.74, 6) is -0.516. The minimum Gasteiger partial charge on any atom is -0.507 e. The molecule has 35 heavy (non-hydrogen) atoms. The molecule has 2 aliphatic heterocycles. The molecular weight excluding hydrogens is 440 g/mol. The molecule has 5 rings (SSSR count). The number of aliphatic hydroxyl groups is 1. The van der Waals surface area contributed by atoms with E-state index in [0.717, 1.165) is 28.9 Å². The van der Waals surface area contributed by atoms with Crippen LogP contribution >= 0.6 is 0 Å². The predicted octanol–water partition coefficient (Wildman–Crippen LogP) is 5.33. The zero-order valence-corrected chi connectivity index (χ0v) is 20.3. The number of nitrogens with zero attached hydrogens (tertiary/aromatic N) is 2. The number of hydrogen-bond acceptors (Lipinski definition) is 5. The van der Waals surface area contributed by atoms with Gasteiger partial charge in [-0.25, -0.2) is 4.98 Å². The highest BCUT2D eigenvalue weighted by atomic mass is 16.5. The fraction of sp³-hybridized carbons (Fsp3) is 0.276. The van der Waals surface area contributed by atoms with Gasteiger partial charge in [-0.2, -0.15) is 0 Å². The number of amides is 1. The Hall–Kier alpha value is -3.93. The number of carbonyl (C=O) groups excluding carboxylic acids is 2. The van der Waals surface area contributed by atoms with Crippen LogP contribution in [0.3, 0.4) is 0 Å². The highest BCUT2D eigenvalue weighted by Crippen LogP contribution is 2.42. The van der Waals surface area contributed by atoms with E-state index in [1.54, 1.807) is 36.5 Å². The molecule has 0 aliphatic carbocycles. The number of ketones is 1. The minimum absolute atomic E-state index is 0.0506. The van der Waals surface area contributed by atoms with Gasteiger partial charge in [0.15, 0.2) is 0 Å². The van der Waals surface area contributed by atoms with Gasteiger partial charge in [0.1, 0.15) is 23.4 Å². The molecule has 178 valence electrons. The third-order valence-corrected chi connectivity index (χ3v) is 6.60. The lowest BCUT2D eigenvalue weighted by Crippen LogP contribution is -2.30. The van der Waals surface area contributed by atoms with Gasteiger partial charge in [0.05, 0.1) is 11.6 Å². The fourth-order valence-electron chi connectivity index (χ4n) is 4.77. The van der Waals surface area contributed by atoms with Crippen molar-refractivity contribution in [1.29, 1.82) is 0 Å². The van der Waals surface area contributed by atoms with Crippen molar-refractivity contribution in [3.05, 3.63) is 94.7 Å². The van der Waals surface area contributed by atoms with Gasteiger partial charge in [-0.1, -0.05) is 51.1 Å². The first-order chi connectivity index (χ1) is 16.6. The minimum atomic E-state index is -0.803. The molecule has 3 aromatic rings. The average Bonchev–Trinajstić information content (AvgIpc) is 3.34. The monoisotopic (exact) mass is 468 g/mol. The first-order valence-corrected chi connectivity index (χ1v) is 11.8. The summed E-state index contributed by atoms with van der Waals surface area (Å²) in [4.78, 5) is 32.3. The lowest BCUT2D eigenvalue weighted by Gasteiger charge is -2.25. The van der Waals surface area contributed by atoms with Crippen LogP contribution in [0.25, 0.3) is 5.76 Å². The Balaban J connectivity index is 1.67. The molecule has 6 nitrogen and oxygen atoms in total. The summed E-state index contributed by atoms with van der Waals surface area (Å²) in [5.41, 5.74) is 3.30. The van der Waals surface area contributed by atoms with Crippen molar-refractivity contribution in [2.75, 3.05) is 4.90 Å². The summed E-state index contributed by atoms with van der Waals surface area (Å²) in [7, 11) is 0. The lowest BCUT2D eigenvalue weighted by molar-refractivity contribution is -0.132. The first kappa shape index (κ1) is 22.8. The van der Waals surface area contributed by atoms with Gasteiger partial charge in [-0.05, 0) is 59.4 Å². The lowest BCUT2D eigenvalue weighted by atomic mass is 9.85. The smallest absolute Gasteiger partial charge is 0.301 e. The molecular formula is C29H28N2O4. The van der Waals surface area contributed by atoms with E-state index in [4.69, 9.17) is 4.74 Å². The van der Waals surface area contributed by atoms with E-state index in [1.165, 1.54) is 4.90 Å². The number of aromatic nitrogens is 1. The van der Waals surface area contributed by atoms with Crippen molar-refractivity contribution in [3.8, 4) is 5.75 Å². The molecule has 0 bridgehead atoms. The van der Waals surface area contributed by atoms with Gasteiger partial charge in [0.2, 0.25) is 0 Å². The quantitative estimate of drug-likeness (QED) is 0.319. The van der Waals surface area contributed by atoms with E-state index in [1.807, 2.05) is 37.3 Å². The highest BCUT2D eigenvalue weighted by molar-refractivity contribution is 6.51. The molecule has 1 fully saturated rings. The van der Waals surface area contributed by atoms with E-state index >= 15 is 0 Å². The van der Waals surface area contributed by atoms with Gasteiger partial charge in [0, 0.05) is 18.2 Å². The number of Topliss-reactive ketones (excluding diaryl/α,β-unsaturated/α-hetero) is 1. The second-order valence-corrected chi connectivity index (χ2v) is 10.2. The molecule has 0 spiro atoms. The number of benzene rings is 2. The van der Waals surface area contributed by atoms with Gasteiger partial charge in [-0.15, -0.1) is 0 Å². The van der Waals surface area contributed by atoms with Crippen LogP contribution in [0.4, 0.5) is 5.82 Å². The predicted molar refractivity (Wildman–Crippen MR) is 134 cm³/mol. The fourth-order valence-corrected chi connectivity index (χ4v) is 4.77. The topological polar surface area (TPSA) is 79.7 Å². The first-order valence-electron chi connectivity index (χ1n) is 11.8. The third kappa shape index (κ3) is 3.99. The summed E-state index contributed by atoms with van der Waals surface area (Å²) in [6.07, 6.45) is 2.35. The van der Waals surface area contributed by atoms with E-state index in [-0.39, 0.29) is 22.9 Å². The Kier molecular flexibility index (Phi) is 5.47.